The van der Waals surface area contributed by atoms with Crippen LogP contribution in [-0.4, -0.2) is 48.1 Å². The molecule has 0 aromatic carbocycles. The number of ether oxygens (including phenoxy) is 1. The number of carboxylic acid groups (broad SMARTS) is 1. The fourth-order valence-electron chi connectivity index (χ4n) is 1.07. The summed E-state index contributed by atoms with van der Waals surface area (Å²) in [5.41, 5.74) is -3.34. The normalized spacial score (nSPS) is 16.3. The van der Waals surface area contributed by atoms with Crippen molar-refractivity contribution in [2.24, 2.45) is 0 Å². The van der Waals surface area contributed by atoms with Crippen LogP contribution in [0.4, 0.5) is 18.0 Å². The highest BCUT2D eigenvalue weighted by molar-refractivity contribution is 5.86. The second-order valence-corrected chi connectivity index (χ2v) is 4.09. The molecule has 0 aliphatic carbocycles. The van der Waals surface area contributed by atoms with E-state index in [-0.39, 0.29) is 6.61 Å². The first-order chi connectivity index (χ1) is 8.54. The highest BCUT2D eigenvalue weighted by Crippen LogP contribution is 2.30. The van der Waals surface area contributed by atoms with E-state index in [0.29, 0.717) is 13.5 Å². The zero-order valence-electron chi connectivity index (χ0n) is 10.8. The van der Waals surface area contributed by atoms with Gasteiger partial charge >= 0.3 is 18.2 Å². The lowest BCUT2D eigenvalue weighted by atomic mass is 10.0. The third-order valence-electron chi connectivity index (χ3n) is 2.31. The number of amides is 2. The van der Waals surface area contributed by atoms with Crippen LogP contribution in [0.2, 0.25) is 0 Å². The van der Waals surface area contributed by atoms with Crippen LogP contribution >= 0.6 is 0 Å². The van der Waals surface area contributed by atoms with Crippen LogP contribution in [0.25, 0.3) is 0 Å². The van der Waals surface area contributed by atoms with Gasteiger partial charge in [-0.15, -0.1) is 0 Å². The van der Waals surface area contributed by atoms with E-state index < -0.39 is 29.8 Å². The van der Waals surface area contributed by atoms with Crippen molar-refractivity contribution in [3.63, 3.8) is 0 Å². The molecule has 0 heterocycles. The average molecular weight is 286 g/mol. The molecule has 2 unspecified atom stereocenters. The first kappa shape index (κ1) is 17.5. The fourth-order valence-corrected chi connectivity index (χ4v) is 1.07. The number of carbonyl (C=O) groups is 2. The molecule has 0 saturated heterocycles. The summed E-state index contributed by atoms with van der Waals surface area (Å²) in [5.74, 6) is -2.19. The van der Waals surface area contributed by atoms with Crippen LogP contribution in [0.1, 0.15) is 20.8 Å². The summed E-state index contributed by atoms with van der Waals surface area (Å²) < 4.78 is 42.8. The fraction of sp³-hybridized carbons (Fsp3) is 0.800. The molecule has 19 heavy (non-hydrogen) atoms. The molecule has 3 N–H and O–H groups in total. The van der Waals surface area contributed by atoms with Gasteiger partial charge in [0.05, 0.1) is 12.6 Å². The van der Waals surface area contributed by atoms with Crippen molar-refractivity contribution >= 4 is 12.0 Å². The molecule has 0 radical (unpaired) electrons. The van der Waals surface area contributed by atoms with Crippen LogP contribution in [-0.2, 0) is 9.53 Å². The number of carboxylic acids is 1. The van der Waals surface area contributed by atoms with Crippen LogP contribution in [0.5, 0.6) is 0 Å². The van der Waals surface area contributed by atoms with Gasteiger partial charge in [0, 0.05) is 6.61 Å². The molecule has 0 spiro atoms. The molecule has 0 bridgehead atoms. The van der Waals surface area contributed by atoms with Crippen molar-refractivity contribution in [1.82, 2.24) is 10.6 Å². The van der Waals surface area contributed by atoms with E-state index >= 15 is 0 Å². The maximum atomic E-state index is 12.6. The Morgan fingerprint density at radius 1 is 1.37 bits per heavy atom. The smallest absolute Gasteiger partial charge is 0.422 e. The molecule has 0 rings (SSSR count). The zero-order valence-corrected chi connectivity index (χ0v) is 10.8. The number of nitrogens with one attached hydrogen (secondary N) is 2. The lowest BCUT2D eigenvalue weighted by Crippen LogP contribution is -2.64. The van der Waals surface area contributed by atoms with E-state index in [4.69, 9.17) is 9.84 Å². The Morgan fingerprint density at radius 2 is 1.89 bits per heavy atom. The van der Waals surface area contributed by atoms with Crippen molar-refractivity contribution in [2.75, 3.05) is 13.2 Å². The van der Waals surface area contributed by atoms with Crippen molar-refractivity contribution in [2.45, 2.75) is 38.5 Å². The van der Waals surface area contributed by atoms with Gasteiger partial charge < -0.3 is 20.5 Å². The lowest BCUT2D eigenvalue weighted by Gasteiger charge is -2.29. The van der Waals surface area contributed by atoms with Crippen LogP contribution in [0.3, 0.4) is 0 Å². The molecule has 0 fully saturated rings. The first-order valence-electron chi connectivity index (χ1n) is 5.51. The number of alkyl halides is 3. The van der Waals surface area contributed by atoms with E-state index in [1.807, 2.05) is 0 Å². The molecule has 112 valence electrons. The third-order valence-corrected chi connectivity index (χ3v) is 2.31. The van der Waals surface area contributed by atoms with Crippen molar-refractivity contribution in [3.8, 4) is 0 Å². The van der Waals surface area contributed by atoms with Crippen molar-refractivity contribution < 1.29 is 32.6 Å². The lowest BCUT2D eigenvalue weighted by molar-refractivity contribution is -0.203. The molecule has 0 saturated carbocycles. The molecule has 0 aromatic rings. The summed E-state index contributed by atoms with van der Waals surface area (Å²) in [4.78, 5) is 22.0. The average Bonchev–Trinajstić information content (AvgIpc) is 2.24. The quantitative estimate of drug-likeness (QED) is 0.682. The Balaban J connectivity index is 4.63. The van der Waals surface area contributed by atoms with E-state index in [9.17, 15) is 22.8 Å². The number of carbonyl (C=O) groups excluding carboxylic acids is 1. The summed E-state index contributed by atoms with van der Waals surface area (Å²) in [7, 11) is 0. The number of rotatable bonds is 6. The van der Waals surface area contributed by atoms with Gasteiger partial charge in [-0.3, -0.25) is 0 Å². The number of hydrogen-bond donors (Lipinski definition) is 3. The van der Waals surface area contributed by atoms with Crippen molar-refractivity contribution in [3.05, 3.63) is 0 Å². The van der Waals surface area contributed by atoms with Crippen LogP contribution < -0.4 is 10.6 Å². The minimum atomic E-state index is -5.11. The van der Waals surface area contributed by atoms with Crippen LogP contribution in [0.15, 0.2) is 0 Å². The topological polar surface area (TPSA) is 87.7 Å². The maximum absolute atomic E-state index is 12.6. The zero-order chi connectivity index (χ0) is 15.3. The molecule has 0 aliphatic heterocycles. The summed E-state index contributed by atoms with van der Waals surface area (Å²) in [6.07, 6.45) is -5.11. The number of aliphatic carboxylic acids is 1. The van der Waals surface area contributed by atoms with E-state index in [1.165, 1.54) is 12.2 Å². The van der Waals surface area contributed by atoms with Crippen LogP contribution in [0, 0.1) is 0 Å². The Morgan fingerprint density at radius 3 is 2.26 bits per heavy atom. The Bertz CT molecular complexity index is 335. The van der Waals surface area contributed by atoms with Gasteiger partial charge in [-0.25, -0.2) is 9.59 Å². The van der Waals surface area contributed by atoms with Gasteiger partial charge in [0.15, 0.2) is 0 Å². The number of hydrogen-bond acceptors (Lipinski definition) is 3. The highest BCUT2D eigenvalue weighted by Gasteiger charge is 2.58. The predicted molar refractivity (Wildman–Crippen MR) is 59.7 cm³/mol. The molecule has 2 atom stereocenters. The molecular formula is C10H17F3N2O4. The van der Waals surface area contributed by atoms with Gasteiger partial charge in [0.25, 0.3) is 0 Å². The predicted octanol–water partition coefficient (Wildman–Crippen LogP) is 1.12. The minimum Gasteiger partial charge on any atom is -0.479 e. The van der Waals surface area contributed by atoms with Gasteiger partial charge in [0.1, 0.15) is 0 Å². The largest absolute Gasteiger partial charge is 0.479 e. The molecule has 6 nitrogen and oxygen atoms in total. The molecule has 0 aliphatic rings. The third kappa shape index (κ3) is 4.93. The summed E-state index contributed by atoms with van der Waals surface area (Å²) in [5, 5.41) is 12.2. The Hall–Kier alpha value is -1.51. The summed E-state index contributed by atoms with van der Waals surface area (Å²) >= 11 is 0. The minimum absolute atomic E-state index is 0.111. The Kier molecular flexibility index (Phi) is 6.07. The second-order valence-electron chi connectivity index (χ2n) is 4.09. The first-order valence-corrected chi connectivity index (χ1v) is 5.51. The van der Waals surface area contributed by atoms with E-state index in [0.717, 1.165) is 0 Å². The van der Waals surface area contributed by atoms with Gasteiger partial charge in [-0.2, -0.15) is 13.2 Å². The molecular weight excluding hydrogens is 269 g/mol. The standard InChI is InChI=1S/C10H17F3N2O4/c1-4-19-5-6(2)14-8(18)15-9(3,7(16)17)10(11,12)13/h6H,4-5H2,1-3H3,(H,16,17)(H2,14,15,18). The maximum Gasteiger partial charge on any atom is 0.422 e. The van der Waals surface area contributed by atoms with Gasteiger partial charge in [-0.05, 0) is 20.8 Å². The summed E-state index contributed by atoms with van der Waals surface area (Å²) in [6.45, 7) is 4.11. The molecule has 0 aromatic heterocycles. The molecule has 9 heteroatoms. The van der Waals surface area contributed by atoms with E-state index in [1.54, 1.807) is 6.92 Å². The van der Waals surface area contributed by atoms with Gasteiger partial charge in [-0.1, -0.05) is 0 Å². The SMILES string of the molecule is CCOCC(C)NC(=O)NC(C)(C(=O)O)C(F)(F)F. The molecule has 2 amide bonds. The Labute approximate surface area is 108 Å². The van der Waals surface area contributed by atoms with Crippen molar-refractivity contribution in [1.29, 1.82) is 0 Å². The van der Waals surface area contributed by atoms with Gasteiger partial charge in [0.2, 0.25) is 5.54 Å². The van der Waals surface area contributed by atoms with E-state index in [2.05, 4.69) is 5.32 Å². The monoisotopic (exact) mass is 286 g/mol. The number of urea groups is 1. The highest BCUT2D eigenvalue weighted by atomic mass is 19.4. The second kappa shape index (κ2) is 6.60. The summed E-state index contributed by atoms with van der Waals surface area (Å²) in [6, 6.07) is -1.78. The number of halogens is 3.